The average molecular weight is 442 g/mol. The second-order valence-electron chi connectivity index (χ2n) is 8.02. The molecule has 4 heteroatoms. The SMILES string of the molecule is C=CCP(C1=CC=CCC1)(C1=CC=C(OC)C(=O)C1=O)(c1ccccc1)c1ccccc1. The van der Waals surface area contributed by atoms with Gasteiger partial charge in [-0.15, -0.1) is 0 Å². The van der Waals surface area contributed by atoms with Gasteiger partial charge in [0.15, 0.2) is 0 Å². The molecule has 0 heterocycles. The van der Waals surface area contributed by atoms with Crippen molar-refractivity contribution in [2.45, 2.75) is 12.8 Å². The molecule has 0 amide bonds. The molecule has 0 bridgehead atoms. The van der Waals surface area contributed by atoms with Crippen LogP contribution >= 0.6 is 6.60 Å². The molecule has 0 fully saturated rings. The number of rotatable bonds is 7. The fourth-order valence-corrected chi connectivity index (χ4v) is 12.0. The van der Waals surface area contributed by atoms with Gasteiger partial charge in [-0.1, -0.05) is 0 Å². The van der Waals surface area contributed by atoms with Crippen molar-refractivity contribution in [1.29, 1.82) is 0 Å². The molecule has 162 valence electrons. The quantitative estimate of drug-likeness (QED) is 0.257. The second-order valence-corrected chi connectivity index (χ2v) is 13.1. The van der Waals surface area contributed by atoms with Gasteiger partial charge in [0.25, 0.3) is 0 Å². The first kappa shape index (κ1) is 21.9. The van der Waals surface area contributed by atoms with Crippen LogP contribution in [0.5, 0.6) is 0 Å². The molecule has 4 rings (SSSR count). The molecule has 32 heavy (non-hydrogen) atoms. The van der Waals surface area contributed by atoms with E-state index < -0.39 is 18.2 Å². The third-order valence-corrected chi connectivity index (χ3v) is 13.5. The molecular weight excluding hydrogens is 415 g/mol. The average Bonchev–Trinajstić information content (AvgIpc) is 2.86. The molecule has 0 saturated heterocycles. The van der Waals surface area contributed by atoms with E-state index in [1.807, 2.05) is 48.6 Å². The van der Waals surface area contributed by atoms with Crippen LogP contribution in [0.2, 0.25) is 0 Å². The Kier molecular flexibility index (Phi) is 5.95. The molecule has 2 aliphatic carbocycles. The zero-order chi connectivity index (χ0) is 22.6. The van der Waals surface area contributed by atoms with Crippen LogP contribution in [0.25, 0.3) is 0 Å². The van der Waals surface area contributed by atoms with E-state index in [4.69, 9.17) is 4.74 Å². The van der Waals surface area contributed by atoms with Gasteiger partial charge in [-0.25, -0.2) is 0 Å². The minimum atomic E-state index is -3.59. The zero-order valence-corrected chi connectivity index (χ0v) is 19.1. The monoisotopic (exact) mass is 442 g/mol. The molecule has 2 aliphatic rings. The van der Waals surface area contributed by atoms with Gasteiger partial charge >= 0.3 is 189 Å². The Labute approximate surface area is 189 Å². The molecule has 0 spiro atoms. The molecular formula is C28H27O3P. The molecule has 0 N–H and O–H groups in total. The zero-order valence-electron chi connectivity index (χ0n) is 18.2. The first-order valence-corrected chi connectivity index (χ1v) is 13.2. The van der Waals surface area contributed by atoms with Gasteiger partial charge in [-0.2, -0.15) is 0 Å². The summed E-state index contributed by atoms with van der Waals surface area (Å²) in [5.74, 6) is -1.01. The van der Waals surface area contributed by atoms with Crippen LogP contribution in [-0.2, 0) is 14.3 Å². The summed E-state index contributed by atoms with van der Waals surface area (Å²) in [6, 6.07) is 20.4. The molecule has 0 unspecified atom stereocenters. The van der Waals surface area contributed by atoms with Crippen LogP contribution in [0.1, 0.15) is 12.8 Å². The molecule has 3 nitrogen and oxygen atoms in total. The van der Waals surface area contributed by atoms with Crippen molar-refractivity contribution in [2.24, 2.45) is 0 Å². The van der Waals surface area contributed by atoms with Gasteiger partial charge in [0, 0.05) is 0 Å². The van der Waals surface area contributed by atoms with E-state index in [1.165, 1.54) is 12.4 Å². The van der Waals surface area contributed by atoms with Crippen LogP contribution < -0.4 is 10.6 Å². The summed E-state index contributed by atoms with van der Waals surface area (Å²) in [7, 11) is 1.42. The summed E-state index contributed by atoms with van der Waals surface area (Å²) in [5.41, 5.74) is 0. The number of Topliss-reactive ketones (excluding diaryl/α,β-unsaturated/α-hetero) is 2. The predicted octanol–water partition coefficient (Wildman–Crippen LogP) is 5.18. The molecule has 0 aromatic heterocycles. The summed E-state index contributed by atoms with van der Waals surface area (Å²) < 4.78 is 5.20. The molecule has 0 radical (unpaired) electrons. The molecule has 0 saturated carbocycles. The maximum atomic E-state index is 13.8. The van der Waals surface area contributed by atoms with Crippen molar-refractivity contribution >= 4 is 28.8 Å². The fourth-order valence-electron chi connectivity index (χ4n) is 5.20. The van der Waals surface area contributed by atoms with Crippen molar-refractivity contribution < 1.29 is 14.3 Å². The maximum absolute atomic E-state index is 13.8. The van der Waals surface area contributed by atoms with Gasteiger partial charge in [0.2, 0.25) is 0 Å². The molecule has 0 atom stereocenters. The van der Waals surface area contributed by atoms with E-state index in [0.717, 1.165) is 23.5 Å². The number of hydrogen-bond acceptors (Lipinski definition) is 3. The van der Waals surface area contributed by atoms with E-state index in [2.05, 4.69) is 49.1 Å². The standard InChI is InChI=1S/C28H27O3P/c1-3-21-32(22-13-7-4-8-14-22,23-15-9-5-10-16-23,24-17-11-6-12-18-24)26-20-19-25(31-2)27(29)28(26)30/h3-11,13-17,19-20H,1,12,18,21H2,2H3. The number of methoxy groups -OCH3 is 1. The molecule has 2 aromatic carbocycles. The van der Waals surface area contributed by atoms with E-state index in [1.54, 1.807) is 6.08 Å². The Hall–Kier alpha value is -3.29. The molecule has 2 aromatic rings. The van der Waals surface area contributed by atoms with E-state index in [0.29, 0.717) is 11.5 Å². The van der Waals surface area contributed by atoms with Crippen LogP contribution in [0.4, 0.5) is 0 Å². The van der Waals surface area contributed by atoms with E-state index in [9.17, 15) is 9.59 Å². The summed E-state index contributed by atoms with van der Waals surface area (Å²) >= 11 is 0. The number of carbonyl (C=O) groups is 2. The van der Waals surface area contributed by atoms with Crippen molar-refractivity contribution in [3.63, 3.8) is 0 Å². The number of hydrogen-bond donors (Lipinski definition) is 0. The number of ether oxygens (including phenoxy) is 1. The first-order chi connectivity index (χ1) is 15.6. The minimum absolute atomic E-state index is 0.0765. The number of benzene rings is 2. The van der Waals surface area contributed by atoms with Gasteiger partial charge in [0.05, 0.1) is 0 Å². The van der Waals surface area contributed by atoms with Crippen LogP contribution in [-0.4, -0.2) is 24.8 Å². The Morgan fingerprint density at radius 1 is 0.906 bits per heavy atom. The Morgan fingerprint density at radius 3 is 2.03 bits per heavy atom. The Morgan fingerprint density at radius 2 is 1.53 bits per heavy atom. The summed E-state index contributed by atoms with van der Waals surface area (Å²) in [5, 5.41) is 3.87. The summed E-state index contributed by atoms with van der Waals surface area (Å²) in [6.45, 7) is 0.541. The summed E-state index contributed by atoms with van der Waals surface area (Å²) in [6.07, 6.45) is 14.0. The van der Waals surface area contributed by atoms with Crippen LogP contribution in [0.3, 0.4) is 0 Å². The topological polar surface area (TPSA) is 43.4 Å². The van der Waals surface area contributed by atoms with Gasteiger partial charge < -0.3 is 0 Å². The van der Waals surface area contributed by atoms with Crippen molar-refractivity contribution in [1.82, 2.24) is 0 Å². The number of carbonyl (C=O) groups excluding carboxylic acids is 2. The van der Waals surface area contributed by atoms with E-state index >= 15 is 0 Å². The van der Waals surface area contributed by atoms with Crippen LogP contribution in [0, 0.1) is 0 Å². The third-order valence-electron chi connectivity index (χ3n) is 6.58. The van der Waals surface area contributed by atoms with Gasteiger partial charge in [-0.05, 0) is 0 Å². The Balaban J connectivity index is 2.26. The fraction of sp³-hybridized carbons (Fsp3) is 0.143. The van der Waals surface area contributed by atoms with Crippen LogP contribution in [0.15, 0.2) is 120 Å². The predicted molar refractivity (Wildman–Crippen MR) is 134 cm³/mol. The Bertz CT molecular complexity index is 1140. The normalized spacial score (nSPS) is 17.5. The number of allylic oxidation sites excluding steroid dienone is 9. The first-order valence-electron chi connectivity index (χ1n) is 10.7. The molecule has 0 aliphatic heterocycles. The summed E-state index contributed by atoms with van der Waals surface area (Å²) in [4.78, 5) is 26.9. The second kappa shape index (κ2) is 8.68. The van der Waals surface area contributed by atoms with Gasteiger partial charge in [0.1, 0.15) is 0 Å². The third kappa shape index (κ3) is 3.00. The number of ketones is 2. The van der Waals surface area contributed by atoms with Crippen molar-refractivity contribution in [3.8, 4) is 0 Å². The van der Waals surface area contributed by atoms with E-state index in [-0.39, 0.29) is 5.76 Å². The van der Waals surface area contributed by atoms with Gasteiger partial charge in [-0.3, -0.25) is 0 Å². The van der Waals surface area contributed by atoms with Crippen molar-refractivity contribution in [3.05, 3.63) is 120 Å². The van der Waals surface area contributed by atoms with Crippen molar-refractivity contribution in [2.75, 3.05) is 13.3 Å².